The van der Waals surface area contributed by atoms with Gasteiger partial charge in [-0.1, -0.05) is 30.3 Å². The van der Waals surface area contributed by atoms with Crippen LogP contribution < -0.4 is 4.74 Å². The summed E-state index contributed by atoms with van der Waals surface area (Å²) in [5, 5.41) is 10.4. The van der Waals surface area contributed by atoms with E-state index in [4.69, 9.17) is 4.74 Å². The smallest absolute Gasteiger partial charge is 0.140 e. The van der Waals surface area contributed by atoms with Gasteiger partial charge in [0.15, 0.2) is 0 Å². The van der Waals surface area contributed by atoms with Gasteiger partial charge in [-0.05, 0) is 31.5 Å². The molecule has 0 aliphatic rings. The van der Waals surface area contributed by atoms with Gasteiger partial charge >= 0.3 is 0 Å². The first-order valence-electron chi connectivity index (χ1n) is 5.92. The Morgan fingerprint density at radius 1 is 1.17 bits per heavy atom. The van der Waals surface area contributed by atoms with Crippen molar-refractivity contribution < 1.29 is 9.84 Å². The number of ether oxygens (including phenoxy) is 1. The van der Waals surface area contributed by atoms with Crippen LogP contribution in [-0.4, -0.2) is 16.7 Å². The topological polar surface area (TPSA) is 42.4 Å². The van der Waals surface area contributed by atoms with Gasteiger partial charge in [-0.2, -0.15) is 0 Å². The van der Waals surface area contributed by atoms with E-state index in [-0.39, 0.29) is 6.61 Å². The van der Waals surface area contributed by atoms with Gasteiger partial charge in [0.25, 0.3) is 0 Å². The van der Waals surface area contributed by atoms with Crippen molar-refractivity contribution in [3.63, 3.8) is 0 Å². The molecule has 0 radical (unpaired) electrons. The van der Waals surface area contributed by atoms with Crippen LogP contribution in [-0.2, 0) is 5.60 Å². The normalized spacial score (nSPS) is 13.9. The van der Waals surface area contributed by atoms with E-state index >= 15 is 0 Å². The highest BCUT2D eigenvalue weighted by Crippen LogP contribution is 2.23. The second-order valence-electron chi connectivity index (χ2n) is 4.52. The maximum atomic E-state index is 10.4. The summed E-state index contributed by atoms with van der Waals surface area (Å²) in [6, 6.07) is 13.2. The molecule has 1 heterocycles. The molecule has 1 N–H and O–H groups in total. The lowest BCUT2D eigenvalue weighted by atomic mass is 9.97. The second kappa shape index (κ2) is 5.19. The van der Waals surface area contributed by atoms with Gasteiger partial charge in [-0.25, -0.2) is 0 Å². The summed E-state index contributed by atoms with van der Waals surface area (Å²) in [5.41, 5.74) is 0.650. The number of benzene rings is 1. The molecule has 0 spiro atoms. The summed E-state index contributed by atoms with van der Waals surface area (Å²) >= 11 is 0. The van der Waals surface area contributed by atoms with Crippen LogP contribution >= 0.6 is 0 Å². The molecular weight excluding hydrogens is 226 g/mol. The minimum absolute atomic E-state index is 0.198. The van der Waals surface area contributed by atoms with Gasteiger partial charge in [-0.15, -0.1) is 0 Å². The Morgan fingerprint density at radius 3 is 2.56 bits per heavy atom. The highest BCUT2D eigenvalue weighted by atomic mass is 16.5. The summed E-state index contributed by atoms with van der Waals surface area (Å²) in [6.07, 6.45) is 1.72. The number of hydrogen-bond donors (Lipinski definition) is 1. The zero-order chi connectivity index (χ0) is 13.0. The summed E-state index contributed by atoms with van der Waals surface area (Å²) in [4.78, 5) is 4.15. The summed E-state index contributed by atoms with van der Waals surface area (Å²) < 4.78 is 5.64. The molecule has 0 aliphatic carbocycles. The SMILES string of the molecule is Cc1ncccc1OCC(C)(O)c1ccccc1. The van der Waals surface area contributed by atoms with E-state index in [0.29, 0.717) is 5.75 Å². The molecule has 0 fully saturated rings. The molecular formula is C15H17NO2. The zero-order valence-corrected chi connectivity index (χ0v) is 10.6. The lowest BCUT2D eigenvalue weighted by Crippen LogP contribution is -2.29. The first-order chi connectivity index (χ1) is 8.59. The fourth-order valence-electron chi connectivity index (χ4n) is 1.72. The van der Waals surface area contributed by atoms with Crippen molar-refractivity contribution in [3.8, 4) is 5.75 Å². The lowest BCUT2D eigenvalue weighted by molar-refractivity contribution is 0.00727. The number of aromatic nitrogens is 1. The molecule has 1 unspecified atom stereocenters. The van der Waals surface area contributed by atoms with Crippen LogP contribution in [0.25, 0.3) is 0 Å². The molecule has 18 heavy (non-hydrogen) atoms. The Morgan fingerprint density at radius 2 is 1.89 bits per heavy atom. The molecule has 1 atom stereocenters. The molecule has 94 valence electrons. The predicted octanol–water partition coefficient (Wildman–Crippen LogP) is 2.68. The first kappa shape index (κ1) is 12.6. The van der Waals surface area contributed by atoms with E-state index in [0.717, 1.165) is 11.3 Å². The number of rotatable bonds is 4. The predicted molar refractivity (Wildman–Crippen MR) is 70.5 cm³/mol. The van der Waals surface area contributed by atoms with Crippen LogP contribution in [0.2, 0.25) is 0 Å². The third kappa shape index (κ3) is 2.87. The summed E-state index contributed by atoms with van der Waals surface area (Å²) in [6.45, 7) is 3.82. The lowest BCUT2D eigenvalue weighted by Gasteiger charge is -2.24. The third-order valence-corrected chi connectivity index (χ3v) is 2.86. The van der Waals surface area contributed by atoms with Crippen LogP contribution in [0.1, 0.15) is 18.2 Å². The number of aryl methyl sites for hydroxylation is 1. The van der Waals surface area contributed by atoms with E-state index in [1.807, 2.05) is 49.4 Å². The van der Waals surface area contributed by atoms with E-state index in [9.17, 15) is 5.11 Å². The van der Waals surface area contributed by atoms with Gasteiger partial charge < -0.3 is 9.84 Å². The van der Waals surface area contributed by atoms with E-state index in [1.165, 1.54) is 0 Å². The summed E-state index contributed by atoms with van der Waals surface area (Å²) in [7, 11) is 0. The van der Waals surface area contributed by atoms with Crippen LogP contribution in [0.4, 0.5) is 0 Å². The number of hydrogen-bond acceptors (Lipinski definition) is 3. The van der Waals surface area contributed by atoms with Crippen molar-refractivity contribution in [2.45, 2.75) is 19.4 Å². The fourth-order valence-corrected chi connectivity index (χ4v) is 1.72. The maximum Gasteiger partial charge on any atom is 0.140 e. The molecule has 2 rings (SSSR count). The Kier molecular flexibility index (Phi) is 3.63. The molecule has 0 aliphatic heterocycles. The number of pyridine rings is 1. The Balaban J connectivity index is 2.08. The van der Waals surface area contributed by atoms with Gasteiger partial charge in [0.05, 0.1) is 5.69 Å². The monoisotopic (exact) mass is 243 g/mol. The van der Waals surface area contributed by atoms with Crippen molar-refractivity contribution in [1.29, 1.82) is 0 Å². The molecule has 3 nitrogen and oxygen atoms in total. The Bertz CT molecular complexity index is 509. The standard InChI is InChI=1S/C15H17NO2/c1-12-14(9-6-10-16-12)18-11-15(2,17)13-7-4-3-5-8-13/h3-10,17H,11H2,1-2H3. The van der Waals surface area contributed by atoms with Gasteiger partial charge in [0.1, 0.15) is 18.0 Å². The molecule has 0 bridgehead atoms. The van der Waals surface area contributed by atoms with Crippen molar-refractivity contribution in [1.82, 2.24) is 4.98 Å². The van der Waals surface area contributed by atoms with E-state index < -0.39 is 5.60 Å². The quantitative estimate of drug-likeness (QED) is 0.897. The average Bonchev–Trinajstić information content (AvgIpc) is 2.39. The van der Waals surface area contributed by atoms with Gasteiger partial charge in [0.2, 0.25) is 0 Å². The number of aliphatic hydroxyl groups is 1. The van der Waals surface area contributed by atoms with Crippen LogP contribution in [0, 0.1) is 6.92 Å². The molecule has 1 aromatic heterocycles. The molecule has 0 amide bonds. The Hall–Kier alpha value is -1.87. The van der Waals surface area contributed by atoms with Crippen LogP contribution in [0.15, 0.2) is 48.7 Å². The first-order valence-corrected chi connectivity index (χ1v) is 5.92. The van der Waals surface area contributed by atoms with E-state index in [1.54, 1.807) is 13.1 Å². The van der Waals surface area contributed by atoms with Crippen molar-refractivity contribution in [2.24, 2.45) is 0 Å². The van der Waals surface area contributed by atoms with Gasteiger partial charge in [-0.3, -0.25) is 4.98 Å². The van der Waals surface area contributed by atoms with Crippen molar-refractivity contribution in [2.75, 3.05) is 6.61 Å². The molecule has 0 saturated carbocycles. The van der Waals surface area contributed by atoms with Crippen LogP contribution in [0.5, 0.6) is 5.75 Å². The van der Waals surface area contributed by atoms with E-state index in [2.05, 4.69) is 4.98 Å². The highest BCUT2D eigenvalue weighted by Gasteiger charge is 2.24. The number of nitrogens with zero attached hydrogens (tertiary/aromatic N) is 1. The molecule has 2 aromatic rings. The Labute approximate surface area is 107 Å². The highest BCUT2D eigenvalue weighted by molar-refractivity contribution is 5.26. The summed E-state index contributed by atoms with van der Waals surface area (Å²) in [5.74, 6) is 0.703. The molecule has 0 saturated heterocycles. The largest absolute Gasteiger partial charge is 0.488 e. The minimum atomic E-state index is -1.01. The van der Waals surface area contributed by atoms with Crippen molar-refractivity contribution in [3.05, 3.63) is 59.9 Å². The second-order valence-corrected chi connectivity index (χ2v) is 4.52. The van der Waals surface area contributed by atoms with Crippen LogP contribution in [0.3, 0.4) is 0 Å². The zero-order valence-electron chi connectivity index (χ0n) is 10.6. The molecule has 3 heteroatoms. The molecule has 1 aromatic carbocycles. The maximum absolute atomic E-state index is 10.4. The van der Waals surface area contributed by atoms with Gasteiger partial charge in [0, 0.05) is 6.20 Å². The third-order valence-electron chi connectivity index (χ3n) is 2.86. The van der Waals surface area contributed by atoms with Crippen molar-refractivity contribution >= 4 is 0 Å². The minimum Gasteiger partial charge on any atom is -0.488 e. The fraction of sp³-hybridized carbons (Fsp3) is 0.267. The average molecular weight is 243 g/mol.